The van der Waals surface area contributed by atoms with E-state index in [-0.39, 0.29) is 24.4 Å². The molecule has 0 aliphatic rings. The number of amides is 1. The Balaban J connectivity index is 1.65. The Morgan fingerprint density at radius 1 is 1.03 bits per heavy atom. The van der Waals surface area contributed by atoms with E-state index in [1.165, 1.54) is 25.1 Å². The molecule has 0 atom stereocenters. The molecule has 0 radical (unpaired) electrons. The van der Waals surface area contributed by atoms with Gasteiger partial charge in [-0.05, 0) is 23.8 Å². The molecule has 1 heterocycles. The molecule has 29 heavy (non-hydrogen) atoms. The third-order valence-corrected chi connectivity index (χ3v) is 4.56. The number of rotatable bonds is 8. The molecule has 1 aromatic heterocycles. The lowest BCUT2D eigenvalue weighted by Crippen LogP contribution is -2.27. The van der Waals surface area contributed by atoms with Crippen molar-refractivity contribution in [1.29, 1.82) is 0 Å². The molecule has 8 nitrogen and oxygen atoms in total. The van der Waals surface area contributed by atoms with E-state index in [0.29, 0.717) is 28.9 Å². The van der Waals surface area contributed by atoms with Crippen molar-refractivity contribution in [2.75, 3.05) is 21.3 Å². The molecule has 3 aromatic rings. The monoisotopic (exact) mass is 397 g/mol. The minimum atomic E-state index is -0.237. The second-order valence-corrected chi connectivity index (χ2v) is 6.34. The van der Waals surface area contributed by atoms with Crippen molar-refractivity contribution in [2.45, 2.75) is 19.5 Å². The summed E-state index contributed by atoms with van der Waals surface area (Å²) in [7, 11) is 4.63. The van der Waals surface area contributed by atoms with E-state index in [9.17, 15) is 9.59 Å². The maximum atomic E-state index is 12.7. The zero-order valence-corrected chi connectivity index (χ0v) is 16.6. The van der Waals surface area contributed by atoms with E-state index < -0.39 is 0 Å². The number of ether oxygens (including phenoxy) is 3. The highest BCUT2D eigenvalue weighted by Crippen LogP contribution is 2.29. The number of carbonyl (C=O) groups is 1. The molecule has 0 fully saturated rings. The van der Waals surface area contributed by atoms with Crippen molar-refractivity contribution in [1.82, 2.24) is 14.9 Å². The van der Waals surface area contributed by atoms with Crippen LogP contribution < -0.4 is 25.1 Å². The Bertz CT molecular complexity index is 1060. The van der Waals surface area contributed by atoms with Gasteiger partial charge in [-0.3, -0.25) is 14.2 Å². The number of hydrogen-bond donors (Lipinski definition) is 1. The van der Waals surface area contributed by atoms with Gasteiger partial charge in [0.05, 0.1) is 38.6 Å². The second kappa shape index (κ2) is 9.09. The van der Waals surface area contributed by atoms with Crippen molar-refractivity contribution in [3.05, 3.63) is 58.6 Å². The van der Waals surface area contributed by atoms with Crippen LogP contribution in [-0.4, -0.2) is 36.8 Å². The Kier molecular flexibility index (Phi) is 6.33. The quantitative estimate of drug-likeness (QED) is 0.626. The predicted octanol–water partition coefficient (Wildman–Crippen LogP) is 2.13. The first-order valence-electron chi connectivity index (χ1n) is 9.06. The highest BCUT2D eigenvalue weighted by atomic mass is 16.5. The number of nitrogens with one attached hydrogen (secondary N) is 1. The van der Waals surface area contributed by atoms with Gasteiger partial charge in [-0.25, -0.2) is 4.98 Å². The van der Waals surface area contributed by atoms with Crippen molar-refractivity contribution in [3.8, 4) is 17.2 Å². The third-order valence-electron chi connectivity index (χ3n) is 4.56. The molecule has 0 saturated heterocycles. The van der Waals surface area contributed by atoms with Gasteiger partial charge in [0.2, 0.25) is 5.91 Å². The van der Waals surface area contributed by atoms with E-state index in [1.54, 1.807) is 19.2 Å². The fourth-order valence-corrected chi connectivity index (χ4v) is 2.90. The fraction of sp³-hybridized carbons (Fsp3) is 0.286. The summed E-state index contributed by atoms with van der Waals surface area (Å²) in [6, 6.07) is 10.7. The number of nitrogens with zero attached hydrogens (tertiary/aromatic N) is 2. The molecule has 3 rings (SSSR count). The van der Waals surface area contributed by atoms with Crippen LogP contribution in [0.5, 0.6) is 17.2 Å². The molecule has 0 bridgehead atoms. The van der Waals surface area contributed by atoms with Gasteiger partial charge in [0, 0.05) is 25.6 Å². The lowest BCUT2D eigenvalue weighted by atomic mass is 10.2. The molecular formula is C21H23N3O5. The van der Waals surface area contributed by atoms with Crippen LogP contribution in [0.25, 0.3) is 10.9 Å². The van der Waals surface area contributed by atoms with Crippen molar-refractivity contribution < 1.29 is 19.0 Å². The number of aromatic nitrogens is 2. The van der Waals surface area contributed by atoms with E-state index in [1.807, 2.05) is 24.3 Å². The van der Waals surface area contributed by atoms with Crippen LogP contribution in [0.2, 0.25) is 0 Å². The van der Waals surface area contributed by atoms with Gasteiger partial charge >= 0.3 is 0 Å². The van der Waals surface area contributed by atoms with Crippen LogP contribution in [0.4, 0.5) is 0 Å². The van der Waals surface area contributed by atoms with E-state index >= 15 is 0 Å². The molecule has 0 aliphatic carbocycles. The SMILES string of the molecule is COc1ccc(CNC(=O)CCn2cnc3cc(OC)c(OC)cc3c2=O)cc1. The first-order chi connectivity index (χ1) is 14.0. The summed E-state index contributed by atoms with van der Waals surface area (Å²) in [6.07, 6.45) is 1.60. The average Bonchev–Trinajstić information content (AvgIpc) is 2.76. The number of hydrogen-bond acceptors (Lipinski definition) is 6. The van der Waals surface area contributed by atoms with Gasteiger partial charge in [0.1, 0.15) is 5.75 Å². The minimum absolute atomic E-state index is 0.153. The summed E-state index contributed by atoms with van der Waals surface area (Å²) in [5.74, 6) is 1.56. The molecule has 2 aromatic carbocycles. The maximum Gasteiger partial charge on any atom is 0.261 e. The maximum absolute atomic E-state index is 12.7. The Labute approximate surface area is 168 Å². The zero-order chi connectivity index (χ0) is 20.8. The van der Waals surface area contributed by atoms with Crippen molar-refractivity contribution in [2.24, 2.45) is 0 Å². The summed E-state index contributed by atoms with van der Waals surface area (Å²) in [5, 5.41) is 3.25. The first kappa shape index (κ1) is 20.2. The number of benzene rings is 2. The number of methoxy groups -OCH3 is 3. The molecule has 0 aliphatic heterocycles. The van der Waals surface area contributed by atoms with Gasteiger partial charge in [-0.1, -0.05) is 12.1 Å². The summed E-state index contributed by atoms with van der Waals surface area (Å²) in [5.41, 5.74) is 1.23. The van der Waals surface area contributed by atoms with Crippen LogP contribution >= 0.6 is 0 Å². The van der Waals surface area contributed by atoms with Crippen molar-refractivity contribution >= 4 is 16.8 Å². The molecule has 152 valence electrons. The average molecular weight is 397 g/mol. The lowest BCUT2D eigenvalue weighted by molar-refractivity contribution is -0.121. The topological polar surface area (TPSA) is 91.7 Å². The summed E-state index contributed by atoms with van der Waals surface area (Å²) < 4.78 is 17.0. The minimum Gasteiger partial charge on any atom is -0.497 e. The van der Waals surface area contributed by atoms with Gasteiger partial charge in [0.15, 0.2) is 11.5 Å². The third kappa shape index (κ3) is 4.66. The van der Waals surface area contributed by atoms with Gasteiger partial charge in [-0.15, -0.1) is 0 Å². The molecule has 1 N–H and O–H groups in total. The number of fused-ring (bicyclic) bond motifs is 1. The Hall–Kier alpha value is -3.55. The van der Waals surface area contributed by atoms with Gasteiger partial charge in [-0.2, -0.15) is 0 Å². The van der Waals surface area contributed by atoms with E-state index in [0.717, 1.165) is 11.3 Å². The van der Waals surface area contributed by atoms with Crippen LogP contribution in [-0.2, 0) is 17.9 Å². The molecule has 0 unspecified atom stereocenters. The molecule has 0 spiro atoms. The van der Waals surface area contributed by atoms with E-state index in [2.05, 4.69) is 10.3 Å². The number of aryl methyl sites for hydroxylation is 1. The molecule has 1 amide bonds. The van der Waals surface area contributed by atoms with Crippen LogP contribution in [0, 0.1) is 0 Å². The predicted molar refractivity (Wildman–Crippen MR) is 109 cm³/mol. The smallest absolute Gasteiger partial charge is 0.261 e. The molecule has 0 saturated carbocycles. The molecule has 8 heteroatoms. The summed E-state index contributed by atoms with van der Waals surface area (Å²) in [4.78, 5) is 29.2. The van der Waals surface area contributed by atoms with Crippen LogP contribution in [0.1, 0.15) is 12.0 Å². The Morgan fingerprint density at radius 3 is 2.38 bits per heavy atom. The summed E-state index contributed by atoms with van der Waals surface area (Å²) >= 11 is 0. The lowest BCUT2D eigenvalue weighted by Gasteiger charge is -2.11. The number of carbonyl (C=O) groups excluding carboxylic acids is 1. The fourth-order valence-electron chi connectivity index (χ4n) is 2.90. The van der Waals surface area contributed by atoms with Gasteiger partial charge < -0.3 is 19.5 Å². The van der Waals surface area contributed by atoms with Crippen LogP contribution in [0.3, 0.4) is 0 Å². The van der Waals surface area contributed by atoms with Crippen LogP contribution in [0.15, 0.2) is 47.5 Å². The second-order valence-electron chi connectivity index (χ2n) is 6.34. The normalized spacial score (nSPS) is 10.6. The highest BCUT2D eigenvalue weighted by Gasteiger charge is 2.12. The Morgan fingerprint density at radius 2 is 1.72 bits per heavy atom. The first-order valence-corrected chi connectivity index (χ1v) is 9.06. The standard InChI is InChI=1S/C21H23N3O5/c1-27-15-6-4-14(5-7-15)12-22-20(25)8-9-24-13-23-17-11-19(29-3)18(28-2)10-16(17)21(24)26/h4-7,10-11,13H,8-9,12H2,1-3H3,(H,22,25). The summed E-state index contributed by atoms with van der Waals surface area (Å²) in [6.45, 7) is 0.634. The van der Waals surface area contributed by atoms with Gasteiger partial charge in [0.25, 0.3) is 5.56 Å². The van der Waals surface area contributed by atoms with E-state index in [4.69, 9.17) is 14.2 Å². The highest BCUT2D eigenvalue weighted by molar-refractivity contribution is 5.81. The molecular weight excluding hydrogens is 374 g/mol. The van der Waals surface area contributed by atoms with Crippen molar-refractivity contribution in [3.63, 3.8) is 0 Å². The largest absolute Gasteiger partial charge is 0.497 e. The zero-order valence-electron chi connectivity index (χ0n) is 16.6.